The maximum absolute atomic E-state index is 13.4. The van der Waals surface area contributed by atoms with Crippen LogP contribution in [0.4, 0.5) is 0 Å². The first-order valence-electron chi connectivity index (χ1n) is 10.4. The lowest BCUT2D eigenvalue weighted by atomic mass is 9.81. The lowest BCUT2D eigenvalue weighted by Crippen LogP contribution is -2.03. The van der Waals surface area contributed by atoms with E-state index in [0.29, 0.717) is 0 Å². The zero-order valence-corrected chi connectivity index (χ0v) is 17.8. The molecular weight excluding hydrogens is 364 g/mol. The van der Waals surface area contributed by atoms with Gasteiger partial charge >= 0.3 is 0 Å². The van der Waals surface area contributed by atoms with E-state index >= 15 is 0 Å². The van der Waals surface area contributed by atoms with Gasteiger partial charge in [0.15, 0.2) is 5.78 Å². The molecule has 0 amide bonds. The summed E-state index contributed by atoms with van der Waals surface area (Å²) in [6.07, 6.45) is 0. The largest absolute Gasteiger partial charge is 0.289 e. The van der Waals surface area contributed by atoms with Gasteiger partial charge in [0.2, 0.25) is 0 Å². The number of hydrogen-bond donors (Lipinski definition) is 0. The summed E-state index contributed by atoms with van der Waals surface area (Å²) in [5.41, 5.74) is 13.3. The van der Waals surface area contributed by atoms with Crippen LogP contribution in [0.1, 0.15) is 38.2 Å². The summed E-state index contributed by atoms with van der Waals surface area (Å²) in [6, 6.07) is 25.4. The molecule has 30 heavy (non-hydrogen) atoms. The first kappa shape index (κ1) is 18.6. The van der Waals surface area contributed by atoms with E-state index in [0.717, 1.165) is 38.9 Å². The second-order valence-corrected chi connectivity index (χ2v) is 8.36. The molecule has 0 radical (unpaired) electrons. The summed E-state index contributed by atoms with van der Waals surface area (Å²) < 4.78 is 0. The molecule has 0 unspecified atom stereocenters. The highest BCUT2D eigenvalue weighted by atomic mass is 16.1. The van der Waals surface area contributed by atoms with Gasteiger partial charge in [0, 0.05) is 11.1 Å². The van der Waals surface area contributed by atoms with Crippen LogP contribution in [0.2, 0.25) is 0 Å². The third-order valence-corrected chi connectivity index (χ3v) is 6.35. The lowest BCUT2D eigenvalue weighted by molar-refractivity contribution is 0.104. The number of ketones is 1. The Morgan fingerprint density at radius 3 is 1.40 bits per heavy atom. The van der Waals surface area contributed by atoms with Crippen molar-refractivity contribution in [3.05, 3.63) is 106 Å². The van der Waals surface area contributed by atoms with Crippen LogP contribution in [0.15, 0.2) is 72.8 Å². The summed E-state index contributed by atoms with van der Waals surface area (Å²) in [5, 5.41) is 0. The number of hydrogen-bond acceptors (Lipinski definition) is 1. The van der Waals surface area contributed by atoms with Gasteiger partial charge in [0.05, 0.1) is 0 Å². The maximum Gasteiger partial charge on any atom is 0.194 e. The number of rotatable bonds is 2. The second kappa shape index (κ2) is 6.81. The first-order chi connectivity index (χ1) is 14.5. The van der Waals surface area contributed by atoms with Crippen LogP contribution in [-0.2, 0) is 0 Å². The molecule has 0 spiro atoms. The summed E-state index contributed by atoms with van der Waals surface area (Å²) in [5.74, 6) is 0.144. The van der Waals surface area contributed by atoms with Gasteiger partial charge in [-0.2, -0.15) is 0 Å². The van der Waals surface area contributed by atoms with Crippen molar-refractivity contribution in [1.29, 1.82) is 0 Å². The third kappa shape index (κ3) is 2.66. The lowest BCUT2D eigenvalue weighted by Gasteiger charge is -2.21. The smallest absolute Gasteiger partial charge is 0.194 e. The molecule has 1 aliphatic carbocycles. The molecule has 1 nitrogen and oxygen atoms in total. The van der Waals surface area contributed by atoms with E-state index in [2.05, 4.69) is 82.3 Å². The van der Waals surface area contributed by atoms with Crippen molar-refractivity contribution < 1.29 is 4.79 Å². The minimum Gasteiger partial charge on any atom is -0.289 e. The average Bonchev–Trinajstić information content (AvgIpc) is 3.06. The van der Waals surface area contributed by atoms with E-state index in [-0.39, 0.29) is 5.78 Å². The Morgan fingerprint density at radius 2 is 0.900 bits per heavy atom. The Morgan fingerprint density at radius 1 is 0.467 bits per heavy atom. The van der Waals surface area contributed by atoms with E-state index in [1.807, 2.05) is 18.2 Å². The average molecular weight is 389 g/mol. The fourth-order valence-corrected chi connectivity index (χ4v) is 4.82. The highest BCUT2D eigenvalue weighted by molar-refractivity contribution is 6.24. The fraction of sp³-hybridized carbons (Fsp3) is 0.138. The first-order valence-corrected chi connectivity index (χ1v) is 10.4. The van der Waals surface area contributed by atoms with E-state index in [1.165, 1.54) is 27.8 Å². The predicted octanol–water partition coefficient (Wildman–Crippen LogP) is 7.47. The van der Waals surface area contributed by atoms with Crippen molar-refractivity contribution in [3.63, 3.8) is 0 Å². The molecule has 0 saturated carbocycles. The van der Waals surface area contributed by atoms with Crippen LogP contribution >= 0.6 is 0 Å². The molecule has 0 aromatic heterocycles. The van der Waals surface area contributed by atoms with Crippen molar-refractivity contribution in [3.8, 4) is 33.4 Å². The summed E-state index contributed by atoms with van der Waals surface area (Å²) in [6.45, 7) is 8.49. The van der Waals surface area contributed by atoms with Crippen LogP contribution in [-0.4, -0.2) is 5.78 Å². The van der Waals surface area contributed by atoms with Crippen molar-refractivity contribution in [1.82, 2.24) is 0 Å². The highest BCUT2D eigenvalue weighted by Gasteiger charge is 2.33. The Hall–Kier alpha value is -3.45. The molecule has 4 aromatic rings. The number of fused-ring (bicyclic) bond motifs is 3. The second-order valence-electron chi connectivity index (χ2n) is 8.36. The quantitative estimate of drug-likeness (QED) is 0.307. The van der Waals surface area contributed by atoms with Gasteiger partial charge in [0.1, 0.15) is 0 Å². The van der Waals surface area contributed by atoms with Crippen LogP contribution in [0.3, 0.4) is 0 Å². The Bertz CT molecular complexity index is 1310. The minimum atomic E-state index is 0.144. The topological polar surface area (TPSA) is 17.1 Å². The van der Waals surface area contributed by atoms with E-state index in [9.17, 15) is 4.79 Å². The molecule has 1 heteroatoms. The molecule has 1 aliphatic rings. The molecule has 0 aliphatic heterocycles. The normalized spacial score (nSPS) is 12.1. The SMILES string of the molecule is Cc1ccc(-c2c(C)c3c(c(C)c2-c2ccc(C)cc2)-c2ccccc2C3=O)cc1. The van der Waals surface area contributed by atoms with Gasteiger partial charge in [-0.15, -0.1) is 0 Å². The van der Waals surface area contributed by atoms with Crippen molar-refractivity contribution >= 4 is 5.78 Å². The Balaban J connectivity index is 1.92. The molecular formula is C29H24O. The molecule has 0 fully saturated rings. The van der Waals surface area contributed by atoms with Gasteiger partial charge in [-0.25, -0.2) is 0 Å². The monoisotopic (exact) mass is 388 g/mol. The van der Waals surface area contributed by atoms with Gasteiger partial charge < -0.3 is 0 Å². The number of benzene rings is 4. The van der Waals surface area contributed by atoms with Gasteiger partial charge in [-0.3, -0.25) is 4.79 Å². The van der Waals surface area contributed by atoms with E-state index < -0.39 is 0 Å². The van der Waals surface area contributed by atoms with Gasteiger partial charge in [-0.1, -0.05) is 83.9 Å². The molecule has 4 aromatic carbocycles. The minimum absolute atomic E-state index is 0.144. The molecule has 0 N–H and O–H groups in total. The summed E-state index contributed by atoms with van der Waals surface area (Å²) in [7, 11) is 0. The Labute approximate surface area is 178 Å². The van der Waals surface area contributed by atoms with Gasteiger partial charge in [-0.05, 0) is 72.2 Å². The zero-order valence-electron chi connectivity index (χ0n) is 17.8. The van der Waals surface area contributed by atoms with E-state index in [1.54, 1.807) is 0 Å². The zero-order chi connectivity index (χ0) is 21.0. The maximum atomic E-state index is 13.4. The molecule has 0 bridgehead atoms. The number of carbonyl (C=O) groups excluding carboxylic acids is 1. The third-order valence-electron chi connectivity index (χ3n) is 6.35. The fourth-order valence-electron chi connectivity index (χ4n) is 4.82. The number of carbonyl (C=O) groups is 1. The van der Waals surface area contributed by atoms with E-state index in [4.69, 9.17) is 0 Å². The highest BCUT2D eigenvalue weighted by Crippen LogP contribution is 2.49. The molecule has 0 saturated heterocycles. The molecule has 0 atom stereocenters. The van der Waals surface area contributed by atoms with Crippen LogP contribution in [0.25, 0.3) is 33.4 Å². The van der Waals surface area contributed by atoms with Crippen molar-refractivity contribution in [2.75, 3.05) is 0 Å². The summed E-state index contributed by atoms with van der Waals surface area (Å²) in [4.78, 5) is 13.4. The Kier molecular flexibility index (Phi) is 4.22. The molecule has 5 rings (SSSR count). The predicted molar refractivity (Wildman–Crippen MR) is 125 cm³/mol. The van der Waals surface area contributed by atoms with Crippen LogP contribution in [0, 0.1) is 27.7 Å². The summed E-state index contributed by atoms with van der Waals surface area (Å²) >= 11 is 0. The van der Waals surface area contributed by atoms with Crippen molar-refractivity contribution in [2.45, 2.75) is 27.7 Å². The van der Waals surface area contributed by atoms with Crippen molar-refractivity contribution in [2.24, 2.45) is 0 Å². The van der Waals surface area contributed by atoms with Gasteiger partial charge in [0.25, 0.3) is 0 Å². The van der Waals surface area contributed by atoms with Crippen LogP contribution < -0.4 is 0 Å². The number of aryl methyl sites for hydroxylation is 2. The standard InChI is InChI=1S/C29H24O/c1-17-9-13-21(14-10-17)25-19(3)27-23-7-5-6-8-24(23)29(30)28(27)20(4)26(25)22-15-11-18(2)12-16-22/h5-16H,1-4H3. The van der Waals surface area contributed by atoms with Crippen LogP contribution in [0.5, 0.6) is 0 Å². The molecule has 0 heterocycles. The molecule has 146 valence electrons.